The summed E-state index contributed by atoms with van der Waals surface area (Å²) in [6.45, 7) is 21.9. The molecule has 0 radical (unpaired) electrons. The van der Waals surface area contributed by atoms with Crippen molar-refractivity contribution in [3.8, 4) is 0 Å². The second kappa shape index (κ2) is 53.9. The number of amides is 11. The van der Waals surface area contributed by atoms with Crippen molar-refractivity contribution < 1.29 is 86.0 Å². The van der Waals surface area contributed by atoms with Gasteiger partial charge in [0.25, 0.3) is 35.4 Å². The van der Waals surface area contributed by atoms with Crippen LogP contribution in [0.4, 0.5) is 50.6 Å². The van der Waals surface area contributed by atoms with Crippen LogP contribution in [-0.2, 0) is 63.6 Å². The van der Waals surface area contributed by atoms with E-state index in [1.54, 1.807) is 42.7 Å². The van der Waals surface area contributed by atoms with Gasteiger partial charge in [-0.3, -0.25) is 82.9 Å². The van der Waals surface area contributed by atoms with Gasteiger partial charge in [0.2, 0.25) is 29.5 Å². The van der Waals surface area contributed by atoms with Gasteiger partial charge in [-0.1, -0.05) is 137 Å². The Morgan fingerprint density at radius 3 is 1.42 bits per heavy atom. The van der Waals surface area contributed by atoms with Gasteiger partial charge in [-0.05, 0) is 137 Å². The average molecular weight is 2070 g/mol. The number of piperidine rings is 2. The number of Topliss-reactive ketones (excluding diaryl/α,β-unsaturated/α-hetero) is 1. The monoisotopic (exact) mass is 2070 g/mol. The van der Waals surface area contributed by atoms with E-state index in [4.69, 9.17) is 56.6 Å². The lowest BCUT2D eigenvalue weighted by molar-refractivity contribution is -0.137. The predicted molar refractivity (Wildman–Crippen MR) is 529 cm³/mol. The minimum absolute atomic E-state index is 0.0221. The van der Waals surface area contributed by atoms with E-state index in [1.165, 1.54) is 58.1 Å². The fourth-order valence-corrected chi connectivity index (χ4v) is 18.4. The van der Waals surface area contributed by atoms with Gasteiger partial charge in [-0.15, -0.1) is 0 Å². The molecule has 137 heavy (non-hydrogen) atoms. The number of ether oxygens (including phenoxy) is 6. The summed E-state index contributed by atoms with van der Waals surface area (Å²) in [6.07, 6.45) is 13.9. The Kier molecular flexibility index (Phi) is 41.3. The second-order valence-corrected chi connectivity index (χ2v) is 37.0. The SMILES string of the molecule is Cc1nc(Nc2ncc(C(=O)Nc3c(C)cccc3Cl)s2)cc(N2CCN(CCCCCCOCCOCCOCCCCCC(=O)Cc3cccc4c3C(=O)N(C3CCC(=O)NC3=O)C4=O)CC2)n1.Cc1nc(Nc2ncc(C(=O)Nc3c(C)cccc3Cl)s2)cc(N2CCNCC2)n1.O=C1CCC(N2C(=O)c3cccc(NC(=O)CCOCCOCCOCCCCCI)c3C2=O)C(=O)N1. The highest BCUT2D eigenvalue weighted by Gasteiger charge is 2.48. The fraction of sp³-hybridized carbons (Fsp3) is 0.474. The number of carbonyl (C=O) groups is 12. The third-order valence-corrected chi connectivity index (χ3v) is 26.2. The van der Waals surface area contributed by atoms with Gasteiger partial charge in [0, 0.05) is 110 Å². The third-order valence-electron chi connectivity index (χ3n) is 23.0. The van der Waals surface area contributed by atoms with Crippen molar-refractivity contribution in [1.29, 1.82) is 0 Å². The maximum absolute atomic E-state index is 13.3. The van der Waals surface area contributed by atoms with Gasteiger partial charge in [0.05, 0.1) is 128 Å². The number of halogens is 3. The van der Waals surface area contributed by atoms with E-state index < -0.39 is 59.3 Å². The minimum Gasteiger partial charge on any atom is -0.379 e. The number of nitrogens with zero attached hydrogens (tertiary/aromatic N) is 11. The van der Waals surface area contributed by atoms with Gasteiger partial charge < -0.3 is 70.1 Å². The van der Waals surface area contributed by atoms with Gasteiger partial charge in [0.15, 0.2) is 10.3 Å². The zero-order valence-electron chi connectivity index (χ0n) is 77.2. The van der Waals surface area contributed by atoms with Crippen molar-refractivity contribution in [3.05, 3.63) is 168 Å². The highest BCUT2D eigenvalue weighted by molar-refractivity contribution is 14.1. The van der Waals surface area contributed by atoms with Crippen LogP contribution < -0.4 is 52.3 Å². The van der Waals surface area contributed by atoms with Crippen molar-refractivity contribution in [2.45, 2.75) is 149 Å². The van der Waals surface area contributed by atoms with Crippen LogP contribution in [0.1, 0.15) is 192 Å². The number of aromatic nitrogens is 6. The first-order chi connectivity index (χ1) is 66.4. The molecule has 0 aliphatic carbocycles. The van der Waals surface area contributed by atoms with Crippen LogP contribution in [0.25, 0.3) is 0 Å². The highest BCUT2D eigenvalue weighted by Crippen LogP contribution is 2.37. The van der Waals surface area contributed by atoms with Gasteiger partial charge in [0.1, 0.15) is 62.5 Å². The number of thiazole rings is 2. The lowest BCUT2D eigenvalue weighted by Crippen LogP contribution is -2.54. The maximum atomic E-state index is 13.3. The van der Waals surface area contributed by atoms with E-state index in [-0.39, 0.29) is 96.6 Å². The maximum Gasteiger partial charge on any atom is 0.267 e. The van der Waals surface area contributed by atoms with Crippen LogP contribution in [0.2, 0.25) is 10.0 Å². The smallest absolute Gasteiger partial charge is 0.267 e. The fourth-order valence-electron chi connectivity index (χ4n) is 15.9. The average Bonchev–Trinajstić information content (AvgIpc) is 1.61. The number of ketones is 1. The Labute approximate surface area is 826 Å². The Balaban J connectivity index is 0.000000209. The molecular weight excluding hydrogens is 1960 g/mol. The highest BCUT2D eigenvalue weighted by atomic mass is 127. The molecule has 8 N–H and O–H groups in total. The van der Waals surface area contributed by atoms with Crippen molar-refractivity contribution >= 4 is 190 Å². The summed E-state index contributed by atoms with van der Waals surface area (Å²) in [7, 11) is 0. The number of rotatable bonds is 48. The molecule has 11 amide bonds. The number of anilines is 9. The summed E-state index contributed by atoms with van der Waals surface area (Å²) in [6, 6.07) is 22.1. The quantitative estimate of drug-likeness (QED) is 0.00760. The van der Waals surface area contributed by atoms with E-state index in [1.807, 2.05) is 64.1 Å². The number of unbranched alkanes of at least 4 members (excludes halogenated alkanes) is 7. The number of alkyl halides is 1. The number of carbonyl (C=O) groups excluding carboxylic acids is 12. The van der Waals surface area contributed by atoms with Crippen molar-refractivity contribution in [2.24, 2.45) is 0 Å². The number of aryl methyl sites for hydroxylation is 4. The summed E-state index contributed by atoms with van der Waals surface area (Å²) in [5.74, 6) is -1.30. The topological polar surface area (TPSA) is 450 Å². The van der Waals surface area contributed by atoms with E-state index in [0.717, 1.165) is 143 Å². The Morgan fingerprint density at radius 1 is 0.474 bits per heavy atom. The number of para-hydroxylation sites is 2. The van der Waals surface area contributed by atoms with Crippen LogP contribution in [0.5, 0.6) is 0 Å². The molecule has 37 nitrogen and oxygen atoms in total. The molecule has 4 aromatic heterocycles. The molecule has 10 heterocycles. The Hall–Kier alpha value is -10.9. The predicted octanol–water partition coefficient (Wildman–Crippen LogP) is 12.4. The van der Waals surface area contributed by atoms with Crippen LogP contribution in [0, 0.1) is 27.7 Å². The zero-order valence-corrected chi connectivity index (χ0v) is 82.5. The molecule has 0 saturated carbocycles. The zero-order chi connectivity index (χ0) is 97.1. The number of hydrogen-bond acceptors (Lipinski definition) is 32. The third kappa shape index (κ3) is 31.1. The molecule has 42 heteroatoms. The number of fused-ring (bicyclic) bond motifs is 2. The summed E-state index contributed by atoms with van der Waals surface area (Å²) in [4.78, 5) is 187. The molecule has 4 saturated heterocycles. The van der Waals surface area contributed by atoms with Crippen molar-refractivity contribution in [1.82, 2.24) is 60.6 Å². The lowest BCUT2D eigenvalue weighted by Gasteiger charge is -2.35. The van der Waals surface area contributed by atoms with Crippen LogP contribution in [0.15, 0.2) is 97.3 Å². The number of benzene rings is 4. The Bertz CT molecular complexity index is 5530. The first-order valence-electron chi connectivity index (χ1n) is 46.1. The van der Waals surface area contributed by atoms with Crippen molar-refractivity contribution in [2.75, 3.05) is 179 Å². The number of nitrogens with one attached hydrogen (secondary N) is 8. The van der Waals surface area contributed by atoms with Crippen LogP contribution in [0.3, 0.4) is 0 Å². The van der Waals surface area contributed by atoms with Crippen molar-refractivity contribution in [3.63, 3.8) is 0 Å². The van der Waals surface area contributed by atoms with Gasteiger partial charge >= 0.3 is 0 Å². The molecule has 14 rings (SSSR count). The number of piperazine rings is 2. The van der Waals surface area contributed by atoms with Gasteiger partial charge in [-0.2, -0.15) is 0 Å². The number of hydrogen-bond donors (Lipinski definition) is 8. The second-order valence-electron chi connectivity index (χ2n) is 33.1. The molecule has 4 aromatic carbocycles. The molecule has 0 spiro atoms. The normalized spacial score (nSPS) is 16.0. The molecule has 2 unspecified atom stereocenters. The molecule has 2 atom stereocenters. The molecule has 6 aliphatic rings. The largest absolute Gasteiger partial charge is 0.379 e. The molecular formula is C95H116Cl2IN19O18S2. The van der Waals surface area contributed by atoms with Gasteiger partial charge in [-0.25, -0.2) is 29.9 Å². The molecule has 6 aliphatic heterocycles. The molecule has 8 aromatic rings. The summed E-state index contributed by atoms with van der Waals surface area (Å²) < 4.78 is 34.6. The summed E-state index contributed by atoms with van der Waals surface area (Å²) >= 11 is 17.4. The van der Waals surface area contributed by atoms with E-state index >= 15 is 0 Å². The Morgan fingerprint density at radius 2 is 0.920 bits per heavy atom. The van der Waals surface area contributed by atoms with E-state index in [2.05, 4.69) is 105 Å². The van der Waals surface area contributed by atoms with Crippen LogP contribution >= 0.6 is 68.5 Å². The van der Waals surface area contributed by atoms with E-state index in [9.17, 15) is 57.5 Å². The lowest BCUT2D eigenvalue weighted by atomic mass is 9.97. The molecule has 0 bridgehead atoms. The standard InChI is InChI=1S/C50H62ClN9O9S.C25H32IN3O8.C20H22ClN7OS/c1-33-12-10-16-38(51)45(33)57-47(64)40-32-52-50(70-40)55-41-31-42(54-34(2)53-41)59-22-20-58(21-23-59)19-7-3-4-8-24-67-26-28-69-29-27-68-25-9-5-6-14-36(61)30-35-13-11-15-37-44(35)49(66)60(48(37)65)39-17-18-43(62)56-46(39)63;26-10-2-1-3-11-35-13-15-37-16-14-36-12-9-21(31)27-18-6-4-5-17-22(18)25(34)29(24(17)33)19-7-8-20(30)28-23(19)32;1-12-4-3-5-14(21)18(12)27-19(29)15-11-23-20(30-15)26-16-10-17(25-13(2)24-16)28-8-6-22-7-9-28/h10-13,15-16,31-32,39H,3-9,14,17-30H2,1-2H3,(H,57,64)(H,56,62,63)(H,52,53,54,55);4-6,19H,1-3,7-16H2,(H,27,31)(H,28,30,32);3-5,10-11,22H,6-9H2,1-2H3,(H,27,29)(H,23,24,25,26). The van der Waals surface area contributed by atoms with Crippen LogP contribution in [-0.4, -0.2) is 270 Å². The first kappa shape index (κ1) is 105. The molecule has 4 fully saturated rings. The molecule has 732 valence electrons. The first-order valence-corrected chi connectivity index (χ1v) is 50.0. The minimum atomic E-state index is -1.07. The summed E-state index contributed by atoms with van der Waals surface area (Å²) in [5, 5.41) is 24.7. The number of imide groups is 4. The summed E-state index contributed by atoms with van der Waals surface area (Å²) in [5.41, 5.74) is 4.12. The van der Waals surface area contributed by atoms with E-state index in [0.29, 0.717) is 149 Å².